The molecule has 2 unspecified atom stereocenters. The molecule has 2 atom stereocenters. The first-order valence-electron chi connectivity index (χ1n) is 16.1. The van der Waals surface area contributed by atoms with Gasteiger partial charge in [-0.2, -0.15) is 0 Å². The van der Waals surface area contributed by atoms with Crippen molar-refractivity contribution in [1.82, 2.24) is 0 Å². The fraction of sp³-hybridized carbons (Fsp3) is 0.143. The summed E-state index contributed by atoms with van der Waals surface area (Å²) in [4.78, 5) is 24.2. The van der Waals surface area contributed by atoms with E-state index in [2.05, 4.69) is 13.2 Å². The molecule has 0 aliphatic heterocycles. The molecule has 0 aliphatic rings. The molecule has 0 bridgehead atoms. The Kier molecular flexibility index (Phi) is 12.8. The topological polar surface area (TPSA) is 89.5 Å². The Morgan fingerprint density at radius 2 is 0.800 bits per heavy atom. The second-order valence-corrected chi connectivity index (χ2v) is 11.0. The molecule has 8 heteroatoms. The summed E-state index contributed by atoms with van der Waals surface area (Å²) in [7, 11) is 0. The molecule has 0 radical (unpaired) electrons. The number of ether oxygens (including phenoxy) is 6. The molecule has 50 heavy (non-hydrogen) atoms. The van der Waals surface area contributed by atoms with E-state index < -0.39 is 24.1 Å². The number of carbonyl (C=O) groups excluding carboxylic acids is 2. The highest BCUT2D eigenvalue weighted by atomic mass is 16.6. The Balaban J connectivity index is 1.17. The zero-order chi connectivity index (χ0) is 35.0. The molecule has 5 aromatic rings. The van der Waals surface area contributed by atoms with Gasteiger partial charge in [-0.25, -0.2) is 9.59 Å². The molecule has 254 valence electrons. The van der Waals surface area contributed by atoms with E-state index in [-0.39, 0.29) is 26.4 Å². The van der Waals surface area contributed by atoms with Gasteiger partial charge in [-0.05, 0) is 47.5 Å². The average Bonchev–Trinajstić information content (AvgIpc) is 3.18. The largest absolute Gasteiger partial charge is 0.490 e. The smallest absolute Gasteiger partial charge is 0.330 e. The van der Waals surface area contributed by atoms with Crippen LogP contribution in [0.3, 0.4) is 0 Å². The number of rotatable bonds is 18. The molecule has 5 aromatic carbocycles. The molecule has 0 N–H and O–H groups in total. The molecular weight excluding hydrogens is 632 g/mol. The molecular formula is C42H38O8. The van der Waals surface area contributed by atoms with E-state index in [9.17, 15) is 9.59 Å². The molecule has 0 heterocycles. The lowest BCUT2D eigenvalue weighted by atomic mass is 10.1. The third kappa shape index (κ3) is 10.4. The van der Waals surface area contributed by atoms with Crippen LogP contribution in [0.4, 0.5) is 0 Å². The Hall–Kier alpha value is -6.28. The van der Waals surface area contributed by atoms with Crippen LogP contribution < -0.4 is 18.9 Å². The fourth-order valence-corrected chi connectivity index (χ4v) is 4.93. The minimum absolute atomic E-state index is 0.0364. The molecule has 5 rings (SSSR count). The van der Waals surface area contributed by atoms with Gasteiger partial charge in [0.1, 0.15) is 49.4 Å². The first-order chi connectivity index (χ1) is 24.5. The standard InChI is InChI=1S/C42H38O8/c1-3-41(43)49-35(29-47-39-21-13-11-19-37(39)31-15-7-5-8-16-31)27-45-33-23-25-34(26-24-33)46-28-36(50-42(44)4-2)30-48-40-22-14-12-20-38(40)32-17-9-6-10-18-32/h3-26,35-36H,1-2,27-30H2. The van der Waals surface area contributed by atoms with E-state index in [0.29, 0.717) is 23.0 Å². The predicted molar refractivity (Wildman–Crippen MR) is 192 cm³/mol. The van der Waals surface area contributed by atoms with Crippen molar-refractivity contribution in [2.45, 2.75) is 12.2 Å². The molecule has 8 nitrogen and oxygen atoms in total. The number of esters is 2. The molecule has 0 saturated heterocycles. The van der Waals surface area contributed by atoms with Gasteiger partial charge in [-0.3, -0.25) is 0 Å². The van der Waals surface area contributed by atoms with Gasteiger partial charge < -0.3 is 28.4 Å². The van der Waals surface area contributed by atoms with E-state index in [0.717, 1.165) is 34.4 Å². The van der Waals surface area contributed by atoms with E-state index in [4.69, 9.17) is 28.4 Å². The van der Waals surface area contributed by atoms with Crippen molar-refractivity contribution in [2.75, 3.05) is 26.4 Å². The fourth-order valence-electron chi connectivity index (χ4n) is 4.93. The molecule has 0 fully saturated rings. The summed E-state index contributed by atoms with van der Waals surface area (Å²) < 4.78 is 35.2. The third-order valence-corrected chi connectivity index (χ3v) is 7.39. The van der Waals surface area contributed by atoms with Crippen molar-refractivity contribution >= 4 is 11.9 Å². The average molecular weight is 671 g/mol. The Labute approximate surface area is 292 Å². The first kappa shape index (κ1) is 35.0. The van der Waals surface area contributed by atoms with Gasteiger partial charge in [-0.15, -0.1) is 0 Å². The number of hydrogen-bond donors (Lipinski definition) is 0. The third-order valence-electron chi connectivity index (χ3n) is 7.39. The second kappa shape index (κ2) is 18.3. The van der Waals surface area contributed by atoms with E-state index >= 15 is 0 Å². The number of carbonyl (C=O) groups is 2. The lowest BCUT2D eigenvalue weighted by Crippen LogP contribution is -2.31. The van der Waals surface area contributed by atoms with Crippen LogP contribution in [0, 0.1) is 0 Å². The quantitative estimate of drug-likeness (QED) is 0.0682. The van der Waals surface area contributed by atoms with Crippen LogP contribution >= 0.6 is 0 Å². The van der Waals surface area contributed by atoms with Crippen LogP contribution in [-0.2, 0) is 19.1 Å². The van der Waals surface area contributed by atoms with Gasteiger partial charge >= 0.3 is 11.9 Å². The molecule has 0 aromatic heterocycles. The second-order valence-electron chi connectivity index (χ2n) is 11.0. The maximum atomic E-state index is 12.1. The lowest BCUT2D eigenvalue weighted by molar-refractivity contribution is -0.147. The summed E-state index contributed by atoms with van der Waals surface area (Å²) in [6.07, 6.45) is 0.771. The normalized spacial score (nSPS) is 11.7. The minimum atomic E-state index is -0.715. The van der Waals surface area contributed by atoms with Crippen molar-refractivity contribution in [1.29, 1.82) is 0 Å². The van der Waals surface area contributed by atoms with Gasteiger partial charge in [0.05, 0.1) is 0 Å². The summed E-state index contributed by atoms with van der Waals surface area (Å²) in [5.74, 6) is 1.20. The zero-order valence-electron chi connectivity index (χ0n) is 27.5. The van der Waals surface area contributed by atoms with Crippen molar-refractivity contribution in [2.24, 2.45) is 0 Å². The highest BCUT2D eigenvalue weighted by Crippen LogP contribution is 2.31. The van der Waals surface area contributed by atoms with Gasteiger partial charge in [0.25, 0.3) is 0 Å². The number of hydrogen-bond acceptors (Lipinski definition) is 8. The summed E-state index contributed by atoms with van der Waals surface area (Å²) in [6, 6.07) is 42.0. The maximum Gasteiger partial charge on any atom is 0.330 e. The summed E-state index contributed by atoms with van der Waals surface area (Å²) in [5.41, 5.74) is 3.85. The van der Waals surface area contributed by atoms with Gasteiger partial charge in [0, 0.05) is 23.3 Å². The zero-order valence-corrected chi connectivity index (χ0v) is 27.5. The van der Waals surface area contributed by atoms with Crippen LogP contribution in [0.5, 0.6) is 23.0 Å². The summed E-state index contributed by atoms with van der Waals surface area (Å²) >= 11 is 0. The van der Waals surface area contributed by atoms with E-state index in [1.807, 2.05) is 109 Å². The highest BCUT2D eigenvalue weighted by molar-refractivity contribution is 5.81. The molecule has 0 saturated carbocycles. The van der Waals surface area contributed by atoms with E-state index in [1.54, 1.807) is 24.3 Å². The van der Waals surface area contributed by atoms with Gasteiger partial charge in [0.15, 0.2) is 12.2 Å². The van der Waals surface area contributed by atoms with Gasteiger partial charge in [0.2, 0.25) is 0 Å². The Morgan fingerprint density at radius 3 is 1.18 bits per heavy atom. The summed E-state index contributed by atoms with van der Waals surface area (Å²) in [6.45, 7) is 7.19. The van der Waals surface area contributed by atoms with Crippen LogP contribution in [-0.4, -0.2) is 50.6 Å². The van der Waals surface area contributed by atoms with Crippen molar-refractivity contribution < 1.29 is 38.0 Å². The maximum absolute atomic E-state index is 12.1. The Morgan fingerprint density at radius 1 is 0.460 bits per heavy atom. The lowest BCUT2D eigenvalue weighted by Gasteiger charge is -2.20. The SMILES string of the molecule is C=CC(=O)OC(COc1ccc(OCC(COc2ccccc2-c2ccccc2)OC(=O)C=C)cc1)COc1ccccc1-c1ccccc1. The monoisotopic (exact) mass is 670 g/mol. The van der Waals surface area contributed by atoms with Gasteiger partial charge in [-0.1, -0.05) is 110 Å². The van der Waals surface area contributed by atoms with Crippen LogP contribution in [0.2, 0.25) is 0 Å². The summed E-state index contributed by atoms with van der Waals surface area (Å²) in [5, 5.41) is 0. The van der Waals surface area contributed by atoms with Crippen molar-refractivity contribution in [3.05, 3.63) is 159 Å². The number of benzene rings is 5. The van der Waals surface area contributed by atoms with Crippen LogP contribution in [0.1, 0.15) is 0 Å². The number of para-hydroxylation sites is 2. The first-order valence-corrected chi connectivity index (χ1v) is 16.1. The molecule has 0 spiro atoms. The van der Waals surface area contributed by atoms with E-state index in [1.165, 1.54) is 0 Å². The Bertz CT molecular complexity index is 1700. The van der Waals surface area contributed by atoms with Crippen molar-refractivity contribution in [3.63, 3.8) is 0 Å². The van der Waals surface area contributed by atoms with Crippen LogP contribution in [0.25, 0.3) is 22.3 Å². The highest BCUT2D eigenvalue weighted by Gasteiger charge is 2.19. The molecule has 0 amide bonds. The van der Waals surface area contributed by atoms with Crippen molar-refractivity contribution in [3.8, 4) is 45.3 Å². The molecule has 0 aliphatic carbocycles. The predicted octanol–water partition coefficient (Wildman–Crippen LogP) is 8.13. The van der Waals surface area contributed by atoms with Crippen LogP contribution in [0.15, 0.2) is 159 Å². The minimum Gasteiger partial charge on any atom is -0.490 e.